The normalized spacial score (nSPS) is 11.5. The first kappa shape index (κ1) is 19.1. The van der Waals surface area contributed by atoms with Gasteiger partial charge in [-0.25, -0.2) is 9.97 Å². The second-order valence-corrected chi connectivity index (χ2v) is 6.04. The number of methoxy groups -OCH3 is 1. The summed E-state index contributed by atoms with van der Waals surface area (Å²) in [7, 11) is 1.57. The molecule has 2 aromatic heterocycles. The molecule has 0 fully saturated rings. The maximum Gasteiger partial charge on any atom is 0.274 e. The van der Waals surface area contributed by atoms with Crippen LogP contribution in [0.5, 0.6) is 11.5 Å². The smallest absolute Gasteiger partial charge is 0.274 e. The van der Waals surface area contributed by atoms with Crippen LogP contribution in [0.1, 0.15) is 34.6 Å². The van der Waals surface area contributed by atoms with Gasteiger partial charge in [0, 0.05) is 24.8 Å². The highest BCUT2D eigenvalue weighted by atomic mass is 16.5. The molecule has 0 aliphatic carbocycles. The molecule has 1 aromatic carbocycles. The zero-order valence-corrected chi connectivity index (χ0v) is 15.6. The van der Waals surface area contributed by atoms with Gasteiger partial charge in [0.15, 0.2) is 23.0 Å². The highest BCUT2D eigenvalue weighted by Crippen LogP contribution is 2.31. The van der Waals surface area contributed by atoms with E-state index in [1.165, 1.54) is 12.4 Å². The van der Waals surface area contributed by atoms with E-state index >= 15 is 0 Å². The zero-order valence-electron chi connectivity index (χ0n) is 15.6. The summed E-state index contributed by atoms with van der Waals surface area (Å²) in [5.41, 5.74) is 7.66. The predicted molar refractivity (Wildman–Crippen MR) is 104 cm³/mol. The largest absolute Gasteiger partial charge is 0.493 e. The van der Waals surface area contributed by atoms with Gasteiger partial charge in [-0.3, -0.25) is 9.78 Å². The SMILES string of the molecule is COc1cc(C(C)NC(=O)c2nccnc2N)ccc1OCc1ccncc1. The minimum absolute atomic E-state index is 0.0876. The lowest BCUT2D eigenvalue weighted by Crippen LogP contribution is -2.28. The Labute approximate surface area is 162 Å². The molecule has 3 aromatic rings. The quantitative estimate of drug-likeness (QED) is 0.648. The van der Waals surface area contributed by atoms with E-state index in [1.807, 2.05) is 37.3 Å². The average molecular weight is 379 g/mol. The lowest BCUT2D eigenvalue weighted by Gasteiger charge is -2.17. The Bertz CT molecular complexity index is 950. The van der Waals surface area contributed by atoms with Gasteiger partial charge in [-0.1, -0.05) is 6.07 Å². The fraction of sp³-hybridized carbons (Fsp3) is 0.200. The number of benzene rings is 1. The van der Waals surface area contributed by atoms with Gasteiger partial charge in [-0.05, 0) is 42.3 Å². The van der Waals surface area contributed by atoms with Crippen molar-refractivity contribution in [2.75, 3.05) is 12.8 Å². The van der Waals surface area contributed by atoms with Crippen LogP contribution in [0.15, 0.2) is 55.1 Å². The van der Waals surface area contributed by atoms with Gasteiger partial charge in [0.05, 0.1) is 13.2 Å². The van der Waals surface area contributed by atoms with Crippen LogP contribution >= 0.6 is 0 Å². The van der Waals surface area contributed by atoms with Gasteiger partial charge in [0.25, 0.3) is 5.91 Å². The maximum atomic E-state index is 12.4. The summed E-state index contributed by atoms with van der Waals surface area (Å²) >= 11 is 0. The molecule has 0 saturated heterocycles. The van der Waals surface area contributed by atoms with E-state index < -0.39 is 5.91 Å². The molecule has 1 atom stereocenters. The first-order chi connectivity index (χ1) is 13.6. The van der Waals surface area contributed by atoms with E-state index in [4.69, 9.17) is 15.2 Å². The molecule has 1 amide bonds. The van der Waals surface area contributed by atoms with Crippen LogP contribution in [0.4, 0.5) is 5.82 Å². The lowest BCUT2D eigenvalue weighted by molar-refractivity contribution is 0.0935. The minimum Gasteiger partial charge on any atom is -0.493 e. The summed E-state index contributed by atoms with van der Waals surface area (Å²) in [6.07, 6.45) is 6.29. The topological polar surface area (TPSA) is 112 Å². The van der Waals surface area contributed by atoms with Gasteiger partial charge in [-0.2, -0.15) is 0 Å². The molecule has 3 N–H and O–H groups in total. The molecule has 0 saturated carbocycles. The van der Waals surface area contributed by atoms with Crippen molar-refractivity contribution in [2.45, 2.75) is 19.6 Å². The molecule has 0 aliphatic rings. The van der Waals surface area contributed by atoms with Gasteiger partial charge in [0.2, 0.25) is 0 Å². The molecule has 0 spiro atoms. The number of carbonyl (C=O) groups excluding carboxylic acids is 1. The molecule has 1 unspecified atom stereocenters. The molecule has 8 nitrogen and oxygen atoms in total. The second kappa shape index (κ2) is 8.81. The minimum atomic E-state index is -0.393. The number of nitrogens with one attached hydrogen (secondary N) is 1. The maximum absolute atomic E-state index is 12.4. The predicted octanol–water partition coefficient (Wildman–Crippen LogP) is 2.53. The van der Waals surface area contributed by atoms with Gasteiger partial charge in [0.1, 0.15) is 6.61 Å². The van der Waals surface area contributed by atoms with Crippen LogP contribution in [0.25, 0.3) is 0 Å². The summed E-state index contributed by atoms with van der Waals surface area (Å²) in [6, 6.07) is 8.99. The van der Waals surface area contributed by atoms with E-state index in [2.05, 4.69) is 20.3 Å². The third-order valence-corrected chi connectivity index (χ3v) is 4.12. The Kier molecular flexibility index (Phi) is 6.01. The monoisotopic (exact) mass is 379 g/mol. The van der Waals surface area contributed by atoms with Crippen LogP contribution in [-0.2, 0) is 6.61 Å². The third-order valence-electron chi connectivity index (χ3n) is 4.12. The number of pyridine rings is 1. The molecular formula is C20H21N5O3. The molecule has 0 bridgehead atoms. The Morgan fingerprint density at radius 2 is 1.86 bits per heavy atom. The van der Waals surface area contributed by atoms with Crippen LogP contribution in [-0.4, -0.2) is 28.0 Å². The van der Waals surface area contributed by atoms with Crippen LogP contribution in [0.2, 0.25) is 0 Å². The number of ether oxygens (including phenoxy) is 2. The lowest BCUT2D eigenvalue weighted by atomic mass is 10.1. The Balaban J connectivity index is 1.70. The standard InChI is InChI=1S/C20H21N5O3/c1-13(25-20(26)18-19(21)24-10-9-23-18)15-3-4-16(17(11-15)27-2)28-12-14-5-7-22-8-6-14/h3-11,13H,12H2,1-2H3,(H2,21,24)(H,25,26). The molecule has 8 heteroatoms. The number of nitrogens with zero attached hydrogens (tertiary/aromatic N) is 3. The summed E-state index contributed by atoms with van der Waals surface area (Å²) < 4.78 is 11.3. The van der Waals surface area contributed by atoms with Crippen molar-refractivity contribution in [2.24, 2.45) is 0 Å². The number of nitrogen functional groups attached to an aromatic ring is 1. The summed E-state index contributed by atoms with van der Waals surface area (Å²) in [6.45, 7) is 2.26. The van der Waals surface area contributed by atoms with Crippen LogP contribution in [0, 0.1) is 0 Å². The number of rotatable bonds is 7. The number of hydrogen-bond acceptors (Lipinski definition) is 7. The number of amides is 1. The Morgan fingerprint density at radius 3 is 2.57 bits per heavy atom. The van der Waals surface area contributed by atoms with E-state index in [0.29, 0.717) is 18.1 Å². The van der Waals surface area contributed by atoms with Crippen molar-refractivity contribution in [1.29, 1.82) is 0 Å². The Morgan fingerprint density at radius 1 is 1.11 bits per heavy atom. The van der Waals surface area contributed by atoms with Gasteiger partial charge >= 0.3 is 0 Å². The fourth-order valence-corrected chi connectivity index (χ4v) is 2.58. The van der Waals surface area contributed by atoms with E-state index in [0.717, 1.165) is 11.1 Å². The van der Waals surface area contributed by atoms with Crippen molar-refractivity contribution >= 4 is 11.7 Å². The second-order valence-electron chi connectivity index (χ2n) is 6.04. The van der Waals surface area contributed by atoms with Crippen molar-refractivity contribution in [1.82, 2.24) is 20.3 Å². The number of hydrogen-bond donors (Lipinski definition) is 2. The van der Waals surface area contributed by atoms with Crippen molar-refractivity contribution in [3.05, 3.63) is 71.9 Å². The molecule has 2 heterocycles. The highest BCUT2D eigenvalue weighted by Gasteiger charge is 2.17. The van der Waals surface area contributed by atoms with Crippen molar-refractivity contribution < 1.29 is 14.3 Å². The van der Waals surface area contributed by atoms with Crippen LogP contribution in [0.3, 0.4) is 0 Å². The van der Waals surface area contributed by atoms with E-state index in [1.54, 1.807) is 19.5 Å². The molecule has 0 aliphatic heterocycles. The summed E-state index contributed by atoms with van der Waals surface area (Å²) in [4.78, 5) is 24.2. The first-order valence-corrected chi connectivity index (χ1v) is 8.65. The van der Waals surface area contributed by atoms with E-state index in [9.17, 15) is 4.79 Å². The molecule has 28 heavy (non-hydrogen) atoms. The van der Waals surface area contributed by atoms with Crippen molar-refractivity contribution in [3.8, 4) is 11.5 Å². The summed E-state index contributed by atoms with van der Waals surface area (Å²) in [5, 5.41) is 2.86. The number of aromatic nitrogens is 3. The number of anilines is 1. The van der Waals surface area contributed by atoms with Crippen molar-refractivity contribution in [3.63, 3.8) is 0 Å². The van der Waals surface area contributed by atoms with E-state index in [-0.39, 0.29) is 17.6 Å². The molecule has 144 valence electrons. The summed E-state index contributed by atoms with van der Waals surface area (Å²) in [5.74, 6) is 0.881. The molecular weight excluding hydrogens is 358 g/mol. The van der Waals surface area contributed by atoms with Gasteiger partial charge < -0.3 is 20.5 Å². The highest BCUT2D eigenvalue weighted by molar-refractivity contribution is 5.96. The zero-order chi connectivity index (χ0) is 19.9. The molecule has 3 rings (SSSR count). The van der Waals surface area contributed by atoms with Gasteiger partial charge in [-0.15, -0.1) is 0 Å². The molecule has 0 radical (unpaired) electrons. The van der Waals surface area contributed by atoms with Crippen LogP contribution < -0.4 is 20.5 Å². The third kappa shape index (κ3) is 4.53. The number of nitrogens with two attached hydrogens (primary N) is 1. The Hall–Kier alpha value is -3.68. The fourth-order valence-electron chi connectivity index (χ4n) is 2.58. The first-order valence-electron chi connectivity index (χ1n) is 8.65. The number of carbonyl (C=O) groups is 1. The average Bonchev–Trinajstić information content (AvgIpc) is 2.73.